The summed E-state index contributed by atoms with van der Waals surface area (Å²) < 4.78 is 5.21. The van der Waals surface area contributed by atoms with Gasteiger partial charge in [0.15, 0.2) is 0 Å². The number of nitrogens with two attached hydrogens (primary N) is 1. The highest BCUT2D eigenvalue weighted by atomic mass is 16.5. The molecule has 0 fully saturated rings. The summed E-state index contributed by atoms with van der Waals surface area (Å²) in [5.41, 5.74) is 2.62. The molecule has 0 bridgehead atoms. The van der Waals surface area contributed by atoms with E-state index in [1.807, 2.05) is 6.92 Å². The first-order chi connectivity index (χ1) is 5.88. The predicted molar refractivity (Wildman–Crippen MR) is 45.1 cm³/mol. The van der Waals surface area contributed by atoms with Gasteiger partial charge in [-0.2, -0.15) is 0 Å². The van der Waals surface area contributed by atoms with Crippen molar-refractivity contribution in [3.05, 3.63) is 18.2 Å². The maximum Gasteiger partial charge on any atom is 0.126 e. The van der Waals surface area contributed by atoms with E-state index in [4.69, 9.17) is 10.6 Å². The molecule has 4 N–H and O–H groups in total. The van der Waals surface area contributed by atoms with Gasteiger partial charge in [-0.3, -0.25) is 5.84 Å². The number of hydrogen-bond donors (Lipinski definition) is 3. The number of ether oxygens (including phenoxy) is 1. The fourth-order valence-electron chi connectivity index (χ4n) is 0.910. The summed E-state index contributed by atoms with van der Waals surface area (Å²) in [7, 11) is 0. The van der Waals surface area contributed by atoms with Crippen LogP contribution in [0.2, 0.25) is 0 Å². The van der Waals surface area contributed by atoms with Crippen molar-refractivity contribution in [2.24, 2.45) is 5.84 Å². The lowest BCUT2D eigenvalue weighted by Gasteiger charge is -2.12. The van der Waals surface area contributed by atoms with Gasteiger partial charge in [0, 0.05) is 19.0 Å². The lowest BCUT2D eigenvalue weighted by molar-refractivity contribution is 0.121. The molecule has 0 saturated carbocycles. The van der Waals surface area contributed by atoms with Crippen LogP contribution in [0.1, 0.15) is 18.8 Å². The largest absolute Gasteiger partial charge is 0.380 e. The highest BCUT2D eigenvalue weighted by molar-refractivity contribution is 4.94. The molecule has 1 atom stereocenters. The van der Waals surface area contributed by atoms with Gasteiger partial charge in [0.25, 0.3) is 0 Å². The Balaban J connectivity index is 2.45. The van der Waals surface area contributed by atoms with Crippen LogP contribution in [0.3, 0.4) is 0 Å². The maximum absolute atomic E-state index is 5.31. The number of H-pyrrole nitrogens is 1. The molecule has 0 saturated heterocycles. The lowest BCUT2D eigenvalue weighted by Crippen LogP contribution is -2.32. The molecule has 0 aliphatic rings. The Labute approximate surface area is 71.3 Å². The van der Waals surface area contributed by atoms with Gasteiger partial charge < -0.3 is 9.72 Å². The Hall–Kier alpha value is -0.910. The molecule has 0 radical (unpaired) electrons. The van der Waals surface area contributed by atoms with Crippen molar-refractivity contribution in [3.8, 4) is 0 Å². The van der Waals surface area contributed by atoms with Crippen LogP contribution in [0.4, 0.5) is 0 Å². The smallest absolute Gasteiger partial charge is 0.126 e. The number of hydrogen-bond acceptors (Lipinski definition) is 4. The third-order valence-electron chi connectivity index (χ3n) is 1.54. The Morgan fingerprint density at radius 3 is 3.17 bits per heavy atom. The zero-order valence-corrected chi connectivity index (χ0v) is 7.08. The topological polar surface area (TPSA) is 76.0 Å². The fourth-order valence-corrected chi connectivity index (χ4v) is 0.910. The molecule has 0 aliphatic carbocycles. The SMILES string of the molecule is CCOCC(NN)c1ncc[nH]1. The minimum Gasteiger partial charge on any atom is -0.380 e. The highest BCUT2D eigenvalue weighted by Gasteiger charge is 2.10. The number of nitrogens with one attached hydrogen (secondary N) is 2. The third-order valence-corrected chi connectivity index (χ3v) is 1.54. The second-order valence-electron chi connectivity index (χ2n) is 2.35. The fraction of sp³-hybridized carbons (Fsp3) is 0.571. The molecule has 1 aromatic heterocycles. The minimum atomic E-state index is -0.0556. The number of imidazole rings is 1. The molecule has 0 aromatic carbocycles. The third kappa shape index (κ3) is 2.30. The van der Waals surface area contributed by atoms with E-state index in [-0.39, 0.29) is 6.04 Å². The Morgan fingerprint density at radius 1 is 1.83 bits per heavy atom. The van der Waals surface area contributed by atoms with Crippen LogP contribution in [-0.4, -0.2) is 23.2 Å². The highest BCUT2D eigenvalue weighted by Crippen LogP contribution is 2.05. The van der Waals surface area contributed by atoms with Crippen LogP contribution >= 0.6 is 0 Å². The molecule has 5 nitrogen and oxygen atoms in total. The number of hydrazine groups is 1. The van der Waals surface area contributed by atoms with E-state index in [0.717, 1.165) is 5.82 Å². The summed E-state index contributed by atoms with van der Waals surface area (Å²) in [6.45, 7) is 3.15. The second-order valence-corrected chi connectivity index (χ2v) is 2.35. The average Bonchev–Trinajstić information content (AvgIpc) is 2.59. The Bertz CT molecular complexity index is 199. The molecule has 0 aliphatic heterocycles. The van der Waals surface area contributed by atoms with Gasteiger partial charge >= 0.3 is 0 Å². The molecule has 68 valence electrons. The first-order valence-corrected chi connectivity index (χ1v) is 3.91. The van der Waals surface area contributed by atoms with E-state index < -0.39 is 0 Å². The Kier molecular flexibility index (Phi) is 3.72. The van der Waals surface area contributed by atoms with Gasteiger partial charge in [0.05, 0.1) is 6.61 Å². The van der Waals surface area contributed by atoms with Crippen LogP contribution < -0.4 is 11.3 Å². The number of rotatable bonds is 5. The average molecular weight is 170 g/mol. The molecule has 0 spiro atoms. The molecule has 1 rings (SSSR count). The lowest BCUT2D eigenvalue weighted by atomic mass is 10.3. The van der Waals surface area contributed by atoms with E-state index in [9.17, 15) is 0 Å². The van der Waals surface area contributed by atoms with E-state index in [2.05, 4.69) is 15.4 Å². The van der Waals surface area contributed by atoms with Crippen LogP contribution in [0.25, 0.3) is 0 Å². The van der Waals surface area contributed by atoms with Crippen LogP contribution in [0.5, 0.6) is 0 Å². The summed E-state index contributed by atoms with van der Waals surface area (Å²) in [5, 5.41) is 0. The summed E-state index contributed by atoms with van der Waals surface area (Å²) in [6, 6.07) is -0.0556. The van der Waals surface area contributed by atoms with E-state index in [1.165, 1.54) is 0 Å². The molecular weight excluding hydrogens is 156 g/mol. The standard InChI is InChI=1S/C7H14N4O/c1-2-12-5-6(11-8)7-9-3-4-10-7/h3-4,6,11H,2,5,8H2,1H3,(H,9,10). The minimum absolute atomic E-state index is 0.0556. The second kappa shape index (κ2) is 4.87. The van der Waals surface area contributed by atoms with Crippen molar-refractivity contribution in [3.63, 3.8) is 0 Å². The van der Waals surface area contributed by atoms with Crippen molar-refractivity contribution in [1.82, 2.24) is 15.4 Å². The predicted octanol–water partition coefficient (Wildman–Crippen LogP) is -0.0494. The number of aromatic amines is 1. The zero-order chi connectivity index (χ0) is 8.81. The monoisotopic (exact) mass is 170 g/mol. The van der Waals surface area contributed by atoms with Gasteiger partial charge in [-0.15, -0.1) is 0 Å². The quantitative estimate of drug-likeness (QED) is 0.428. The van der Waals surface area contributed by atoms with E-state index in [0.29, 0.717) is 13.2 Å². The van der Waals surface area contributed by atoms with Gasteiger partial charge in [-0.05, 0) is 6.92 Å². The summed E-state index contributed by atoms with van der Waals surface area (Å²) in [5.74, 6) is 6.11. The maximum atomic E-state index is 5.31. The summed E-state index contributed by atoms with van der Waals surface area (Å²) >= 11 is 0. The van der Waals surface area contributed by atoms with Crippen molar-refractivity contribution in [1.29, 1.82) is 0 Å². The normalized spacial score (nSPS) is 13.2. The van der Waals surface area contributed by atoms with E-state index in [1.54, 1.807) is 12.4 Å². The van der Waals surface area contributed by atoms with Gasteiger partial charge in [0.1, 0.15) is 11.9 Å². The van der Waals surface area contributed by atoms with Gasteiger partial charge in [-0.25, -0.2) is 10.4 Å². The molecule has 1 unspecified atom stereocenters. The van der Waals surface area contributed by atoms with Crippen molar-refractivity contribution in [2.75, 3.05) is 13.2 Å². The number of aromatic nitrogens is 2. The van der Waals surface area contributed by atoms with E-state index >= 15 is 0 Å². The molecule has 0 amide bonds. The van der Waals surface area contributed by atoms with Crippen molar-refractivity contribution < 1.29 is 4.74 Å². The Morgan fingerprint density at radius 2 is 2.67 bits per heavy atom. The van der Waals surface area contributed by atoms with Crippen LogP contribution in [-0.2, 0) is 4.74 Å². The number of nitrogens with zero attached hydrogens (tertiary/aromatic N) is 1. The zero-order valence-electron chi connectivity index (χ0n) is 7.08. The molecule has 1 heterocycles. The molecular formula is C7H14N4O. The first kappa shape index (κ1) is 9.18. The van der Waals surface area contributed by atoms with Crippen LogP contribution in [0.15, 0.2) is 12.4 Å². The first-order valence-electron chi connectivity index (χ1n) is 3.91. The molecule has 1 aromatic rings. The summed E-state index contributed by atoms with van der Waals surface area (Å²) in [6.07, 6.45) is 3.44. The molecule has 5 heteroatoms. The van der Waals surface area contributed by atoms with Crippen molar-refractivity contribution in [2.45, 2.75) is 13.0 Å². The summed E-state index contributed by atoms with van der Waals surface area (Å²) in [4.78, 5) is 7.03. The van der Waals surface area contributed by atoms with Crippen molar-refractivity contribution >= 4 is 0 Å². The van der Waals surface area contributed by atoms with Gasteiger partial charge in [-0.1, -0.05) is 0 Å². The molecule has 12 heavy (non-hydrogen) atoms. The van der Waals surface area contributed by atoms with Crippen LogP contribution in [0, 0.1) is 0 Å². The van der Waals surface area contributed by atoms with Gasteiger partial charge in [0.2, 0.25) is 0 Å².